The van der Waals surface area contributed by atoms with Crippen LogP contribution in [0.25, 0.3) is 11.3 Å². The number of amides is 2. The van der Waals surface area contributed by atoms with E-state index < -0.39 is 17.6 Å². The van der Waals surface area contributed by atoms with Crippen LogP contribution in [0.1, 0.15) is 21.5 Å². The van der Waals surface area contributed by atoms with Crippen LogP contribution in [0, 0.1) is 12.7 Å². The number of halogens is 2. The lowest BCUT2D eigenvalue weighted by Crippen LogP contribution is -2.20. The standard InChI is InChI=1S/C32H25ClFN5O3S/c1-20-2-11-27(12-3-20)37-32-38-28(19-43-32)21-4-6-22(7-5-21)31(41)39-35-17-23-16-24(33)8-15-29(23)42-18-30(40)36-26-13-9-25(34)10-14-26/h2-17,19H,18H2,1H3,(H,36,40)(H,37,38)(H,39,41)/b35-17+. The van der Waals surface area contributed by atoms with E-state index in [-0.39, 0.29) is 6.61 Å². The molecule has 5 rings (SSSR count). The first kappa shape index (κ1) is 29.4. The van der Waals surface area contributed by atoms with E-state index in [1.165, 1.54) is 47.4 Å². The van der Waals surface area contributed by atoms with Gasteiger partial charge in [0.2, 0.25) is 0 Å². The van der Waals surface area contributed by atoms with Crippen molar-refractivity contribution >= 4 is 57.5 Å². The number of anilines is 3. The summed E-state index contributed by atoms with van der Waals surface area (Å²) in [6.45, 7) is 1.73. The molecule has 4 aromatic carbocycles. The van der Waals surface area contributed by atoms with E-state index in [0.29, 0.717) is 27.6 Å². The summed E-state index contributed by atoms with van der Waals surface area (Å²) in [6, 6.07) is 25.3. The molecule has 8 nitrogen and oxygen atoms in total. The van der Waals surface area contributed by atoms with Gasteiger partial charge in [0.25, 0.3) is 11.8 Å². The second kappa shape index (κ2) is 13.7. The van der Waals surface area contributed by atoms with Crippen LogP contribution in [0.3, 0.4) is 0 Å². The van der Waals surface area contributed by atoms with Crippen LogP contribution in [-0.2, 0) is 4.79 Å². The third-order valence-electron chi connectivity index (χ3n) is 6.08. The molecule has 1 heterocycles. The molecule has 0 atom stereocenters. The van der Waals surface area contributed by atoms with Crippen LogP contribution < -0.4 is 20.8 Å². The molecule has 2 amide bonds. The van der Waals surface area contributed by atoms with Crippen molar-refractivity contribution < 1.29 is 18.7 Å². The summed E-state index contributed by atoms with van der Waals surface area (Å²) in [5.74, 6) is -0.913. The summed E-state index contributed by atoms with van der Waals surface area (Å²) in [6.07, 6.45) is 1.38. The number of rotatable bonds is 10. The first-order chi connectivity index (χ1) is 20.8. The molecule has 43 heavy (non-hydrogen) atoms. The van der Waals surface area contributed by atoms with Crippen molar-refractivity contribution in [2.45, 2.75) is 6.92 Å². The number of thiazole rings is 1. The van der Waals surface area contributed by atoms with Gasteiger partial charge in [0.05, 0.1) is 11.9 Å². The summed E-state index contributed by atoms with van der Waals surface area (Å²) >= 11 is 7.62. The van der Waals surface area contributed by atoms with Crippen molar-refractivity contribution in [1.82, 2.24) is 10.4 Å². The minimum absolute atomic E-state index is 0.305. The molecule has 0 saturated heterocycles. The summed E-state index contributed by atoms with van der Waals surface area (Å²) in [4.78, 5) is 29.6. The van der Waals surface area contributed by atoms with E-state index >= 15 is 0 Å². The summed E-state index contributed by atoms with van der Waals surface area (Å²) in [5, 5.41) is 13.1. The van der Waals surface area contributed by atoms with E-state index in [0.717, 1.165) is 22.1 Å². The van der Waals surface area contributed by atoms with Crippen LogP contribution in [0.15, 0.2) is 101 Å². The van der Waals surface area contributed by atoms with Crippen molar-refractivity contribution in [1.29, 1.82) is 0 Å². The van der Waals surface area contributed by atoms with E-state index in [9.17, 15) is 14.0 Å². The second-order valence-corrected chi connectivity index (χ2v) is 10.6. The van der Waals surface area contributed by atoms with Crippen molar-refractivity contribution in [3.05, 3.63) is 124 Å². The fourth-order valence-corrected chi connectivity index (χ4v) is 4.79. The third-order valence-corrected chi connectivity index (χ3v) is 7.07. The number of hydrogen-bond acceptors (Lipinski definition) is 7. The number of carbonyl (C=O) groups is 2. The maximum atomic E-state index is 13.1. The zero-order valence-electron chi connectivity index (χ0n) is 22.8. The van der Waals surface area contributed by atoms with Crippen molar-refractivity contribution in [3.63, 3.8) is 0 Å². The molecule has 0 radical (unpaired) electrons. The fraction of sp³-hybridized carbons (Fsp3) is 0.0625. The van der Waals surface area contributed by atoms with E-state index in [4.69, 9.17) is 16.3 Å². The van der Waals surface area contributed by atoms with E-state index in [2.05, 4.69) is 26.1 Å². The number of hydrogen-bond donors (Lipinski definition) is 3. The Morgan fingerprint density at radius 3 is 2.44 bits per heavy atom. The number of benzene rings is 4. The minimum Gasteiger partial charge on any atom is -0.483 e. The molecule has 3 N–H and O–H groups in total. The Kier molecular flexibility index (Phi) is 9.40. The molecule has 216 valence electrons. The number of aryl methyl sites for hydroxylation is 1. The highest BCUT2D eigenvalue weighted by Gasteiger charge is 2.10. The van der Waals surface area contributed by atoms with Gasteiger partial charge in [-0.1, -0.05) is 41.4 Å². The Bertz CT molecular complexity index is 1760. The van der Waals surface area contributed by atoms with Gasteiger partial charge in [-0.2, -0.15) is 5.10 Å². The Hall–Kier alpha value is -5.06. The second-order valence-electron chi connectivity index (χ2n) is 9.33. The van der Waals surface area contributed by atoms with Gasteiger partial charge >= 0.3 is 0 Å². The normalized spacial score (nSPS) is 10.9. The minimum atomic E-state index is -0.433. The topological polar surface area (TPSA) is 105 Å². The molecular formula is C32H25ClFN5O3S. The van der Waals surface area contributed by atoms with Gasteiger partial charge in [0.1, 0.15) is 11.6 Å². The molecular weight excluding hydrogens is 589 g/mol. The van der Waals surface area contributed by atoms with E-state index in [1.807, 2.05) is 48.7 Å². The molecule has 11 heteroatoms. The molecule has 0 saturated carbocycles. The van der Waals surface area contributed by atoms with Gasteiger partial charge in [-0.25, -0.2) is 14.8 Å². The van der Waals surface area contributed by atoms with Crippen LogP contribution in [0.4, 0.5) is 20.9 Å². The highest BCUT2D eigenvalue weighted by atomic mass is 35.5. The summed E-state index contributed by atoms with van der Waals surface area (Å²) in [5.41, 5.74) is 7.61. The molecule has 0 fully saturated rings. The zero-order chi connectivity index (χ0) is 30.2. The number of nitrogens with one attached hydrogen (secondary N) is 3. The van der Waals surface area contributed by atoms with E-state index in [1.54, 1.807) is 30.3 Å². The molecule has 1 aromatic heterocycles. The molecule has 0 spiro atoms. The third kappa shape index (κ3) is 8.25. The van der Waals surface area contributed by atoms with Crippen LogP contribution in [0.2, 0.25) is 5.02 Å². The molecule has 0 unspecified atom stereocenters. The Labute approximate surface area is 256 Å². The average molecular weight is 614 g/mol. The number of nitrogens with zero attached hydrogens (tertiary/aromatic N) is 2. The Balaban J connectivity index is 1.16. The smallest absolute Gasteiger partial charge is 0.271 e. The number of carbonyl (C=O) groups excluding carboxylic acids is 2. The summed E-state index contributed by atoms with van der Waals surface area (Å²) in [7, 11) is 0. The van der Waals surface area contributed by atoms with Gasteiger partial charge < -0.3 is 15.4 Å². The van der Waals surface area contributed by atoms with Crippen molar-refractivity contribution in [2.24, 2.45) is 5.10 Å². The number of hydrazone groups is 1. The lowest BCUT2D eigenvalue weighted by Gasteiger charge is -2.10. The van der Waals surface area contributed by atoms with Crippen molar-refractivity contribution in [2.75, 3.05) is 17.2 Å². The van der Waals surface area contributed by atoms with Crippen LogP contribution in [0.5, 0.6) is 5.75 Å². The first-order valence-electron chi connectivity index (χ1n) is 13.0. The van der Waals surface area contributed by atoms with Gasteiger partial charge in [-0.05, 0) is 73.7 Å². The average Bonchev–Trinajstić information content (AvgIpc) is 3.47. The molecule has 0 aliphatic heterocycles. The maximum absolute atomic E-state index is 13.1. The number of aromatic nitrogens is 1. The molecule has 0 aliphatic carbocycles. The summed E-state index contributed by atoms with van der Waals surface area (Å²) < 4.78 is 18.7. The Morgan fingerprint density at radius 1 is 0.977 bits per heavy atom. The lowest BCUT2D eigenvalue weighted by atomic mass is 10.1. The monoisotopic (exact) mass is 613 g/mol. The predicted molar refractivity (Wildman–Crippen MR) is 169 cm³/mol. The first-order valence-corrected chi connectivity index (χ1v) is 14.3. The van der Waals surface area contributed by atoms with Gasteiger partial charge in [0.15, 0.2) is 11.7 Å². The van der Waals surface area contributed by atoms with Gasteiger partial charge in [0, 0.05) is 38.5 Å². The molecule has 0 bridgehead atoms. The number of ether oxygens (including phenoxy) is 1. The zero-order valence-corrected chi connectivity index (χ0v) is 24.4. The van der Waals surface area contributed by atoms with Crippen LogP contribution in [-0.4, -0.2) is 29.6 Å². The maximum Gasteiger partial charge on any atom is 0.271 e. The highest BCUT2D eigenvalue weighted by molar-refractivity contribution is 7.14. The van der Waals surface area contributed by atoms with Gasteiger partial charge in [-0.3, -0.25) is 9.59 Å². The predicted octanol–water partition coefficient (Wildman–Crippen LogP) is 7.44. The molecule has 0 aliphatic rings. The quantitative estimate of drug-likeness (QED) is 0.112. The fourth-order valence-electron chi connectivity index (χ4n) is 3.87. The highest BCUT2D eigenvalue weighted by Crippen LogP contribution is 2.27. The largest absolute Gasteiger partial charge is 0.483 e. The molecule has 5 aromatic rings. The van der Waals surface area contributed by atoms with Gasteiger partial charge in [-0.15, -0.1) is 11.3 Å². The Morgan fingerprint density at radius 2 is 1.70 bits per heavy atom. The van der Waals surface area contributed by atoms with Crippen LogP contribution >= 0.6 is 22.9 Å². The lowest BCUT2D eigenvalue weighted by molar-refractivity contribution is -0.118. The van der Waals surface area contributed by atoms with Crippen molar-refractivity contribution in [3.8, 4) is 17.0 Å². The SMILES string of the molecule is Cc1ccc(Nc2nc(-c3ccc(C(=O)N/N=C/c4cc(Cl)ccc4OCC(=O)Nc4ccc(F)cc4)cc3)cs2)cc1.